The highest BCUT2D eigenvalue weighted by Crippen LogP contribution is 2.21. The zero-order valence-electron chi connectivity index (χ0n) is 10.5. The van der Waals surface area contributed by atoms with Crippen molar-refractivity contribution in [2.45, 2.75) is 26.3 Å². The second-order valence-electron chi connectivity index (χ2n) is 4.37. The van der Waals surface area contributed by atoms with Gasteiger partial charge in [-0.15, -0.1) is 10.2 Å². The number of nitrogens with one attached hydrogen (secondary N) is 1. The third kappa shape index (κ3) is 3.55. The molecule has 0 unspecified atom stereocenters. The summed E-state index contributed by atoms with van der Waals surface area (Å²) in [6.07, 6.45) is 0.728. The normalized spacial score (nSPS) is 11.1. The Labute approximate surface area is 111 Å². The Morgan fingerprint density at radius 2 is 2.17 bits per heavy atom. The van der Waals surface area contributed by atoms with Gasteiger partial charge in [0.2, 0.25) is 11.8 Å². The second-order valence-corrected chi connectivity index (χ2v) is 4.81. The fourth-order valence-electron chi connectivity index (χ4n) is 1.56. The van der Waals surface area contributed by atoms with Crippen LogP contribution in [-0.2, 0) is 6.42 Å². The van der Waals surface area contributed by atoms with Crippen LogP contribution in [0.15, 0.2) is 28.7 Å². The first-order valence-electron chi connectivity index (χ1n) is 5.97. The Morgan fingerprint density at radius 3 is 2.89 bits per heavy atom. The summed E-state index contributed by atoms with van der Waals surface area (Å²) in [5, 5.41) is 12.0. The number of benzene rings is 1. The van der Waals surface area contributed by atoms with Crippen LogP contribution in [0.5, 0.6) is 0 Å². The minimum Gasteiger partial charge on any atom is -0.421 e. The molecule has 18 heavy (non-hydrogen) atoms. The molecular formula is C13H16ClN3O. The highest BCUT2D eigenvalue weighted by atomic mass is 35.5. The van der Waals surface area contributed by atoms with Gasteiger partial charge < -0.3 is 9.73 Å². The van der Waals surface area contributed by atoms with Crippen molar-refractivity contribution >= 4 is 11.6 Å². The Morgan fingerprint density at radius 1 is 1.33 bits per heavy atom. The van der Waals surface area contributed by atoms with Gasteiger partial charge in [-0.2, -0.15) is 0 Å². The molecule has 2 aromatic rings. The van der Waals surface area contributed by atoms with E-state index in [0.717, 1.165) is 18.5 Å². The molecule has 1 heterocycles. The molecule has 0 amide bonds. The van der Waals surface area contributed by atoms with Gasteiger partial charge >= 0.3 is 0 Å². The van der Waals surface area contributed by atoms with Crippen LogP contribution in [0, 0.1) is 0 Å². The molecule has 0 bridgehead atoms. The van der Waals surface area contributed by atoms with Crippen LogP contribution in [0.3, 0.4) is 0 Å². The summed E-state index contributed by atoms with van der Waals surface area (Å²) in [5.74, 6) is 1.15. The average molecular weight is 266 g/mol. The third-order valence-corrected chi connectivity index (χ3v) is 2.66. The van der Waals surface area contributed by atoms with E-state index in [-0.39, 0.29) is 0 Å². The highest BCUT2D eigenvalue weighted by molar-refractivity contribution is 6.30. The lowest BCUT2D eigenvalue weighted by atomic mass is 10.2. The smallest absolute Gasteiger partial charge is 0.247 e. The number of rotatable bonds is 5. The third-order valence-electron chi connectivity index (χ3n) is 2.43. The lowest BCUT2D eigenvalue weighted by Gasteiger charge is -2.04. The van der Waals surface area contributed by atoms with Crippen LogP contribution in [0.4, 0.5) is 0 Å². The molecule has 0 fully saturated rings. The summed E-state index contributed by atoms with van der Waals surface area (Å²) < 4.78 is 5.59. The first kappa shape index (κ1) is 13.1. The number of halogens is 1. The lowest BCUT2D eigenvalue weighted by molar-refractivity contribution is 0.484. The van der Waals surface area contributed by atoms with Crippen molar-refractivity contribution in [3.05, 3.63) is 35.2 Å². The van der Waals surface area contributed by atoms with Gasteiger partial charge in [0.25, 0.3) is 0 Å². The van der Waals surface area contributed by atoms with E-state index in [1.807, 2.05) is 24.3 Å². The molecule has 1 aromatic carbocycles. The van der Waals surface area contributed by atoms with E-state index >= 15 is 0 Å². The van der Waals surface area contributed by atoms with E-state index in [2.05, 4.69) is 29.4 Å². The van der Waals surface area contributed by atoms with Gasteiger partial charge in [-0.25, -0.2) is 0 Å². The van der Waals surface area contributed by atoms with Gasteiger partial charge in [0.15, 0.2) is 0 Å². The van der Waals surface area contributed by atoms with Crippen LogP contribution >= 0.6 is 11.6 Å². The average Bonchev–Trinajstić information content (AvgIpc) is 2.77. The van der Waals surface area contributed by atoms with Crippen molar-refractivity contribution in [1.29, 1.82) is 0 Å². The van der Waals surface area contributed by atoms with E-state index in [0.29, 0.717) is 22.8 Å². The number of nitrogens with zero attached hydrogens (tertiary/aromatic N) is 2. The van der Waals surface area contributed by atoms with Crippen LogP contribution in [0.25, 0.3) is 11.5 Å². The van der Waals surface area contributed by atoms with Crippen molar-refractivity contribution in [3.8, 4) is 11.5 Å². The zero-order chi connectivity index (χ0) is 13.0. The minimum atomic E-state index is 0.459. The van der Waals surface area contributed by atoms with Crippen LogP contribution in [0.1, 0.15) is 19.7 Å². The van der Waals surface area contributed by atoms with Gasteiger partial charge in [-0.3, -0.25) is 0 Å². The summed E-state index contributed by atoms with van der Waals surface area (Å²) >= 11 is 5.92. The Bertz CT molecular complexity index is 510. The first-order valence-corrected chi connectivity index (χ1v) is 6.34. The topological polar surface area (TPSA) is 51.0 Å². The quantitative estimate of drug-likeness (QED) is 0.903. The summed E-state index contributed by atoms with van der Waals surface area (Å²) in [4.78, 5) is 0. The first-order chi connectivity index (χ1) is 8.65. The summed E-state index contributed by atoms with van der Waals surface area (Å²) in [6, 6.07) is 7.85. The fourth-order valence-corrected chi connectivity index (χ4v) is 1.75. The molecule has 0 aliphatic heterocycles. The highest BCUT2D eigenvalue weighted by Gasteiger charge is 2.08. The van der Waals surface area contributed by atoms with Crippen molar-refractivity contribution in [3.63, 3.8) is 0 Å². The Balaban J connectivity index is 2.02. The van der Waals surface area contributed by atoms with Crippen molar-refractivity contribution in [2.24, 2.45) is 0 Å². The van der Waals surface area contributed by atoms with E-state index in [4.69, 9.17) is 16.0 Å². The van der Waals surface area contributed by atoms with Gasteiger partial charge in [-0.1, -0.05) is 31.5 Å². The largest absolute Gasteiger partial charge is 0.421 e. The molecule has 2 rings (SSSR count). The van der Waals surface area contributed by atoms with E-state index < -0.39 is 0 Å². The van der Waals surface area contributed by atoms with Crippen LogP contribution in [0.2, 0.25) is 5.02 Å². The predicted octanol–water partition coefficient (Wildman–Crippen LogP) is 2.93. The molecule has 5 heteroatoms. The SMILES string of the molecule is CC(C)NCCc1nnc(-c2cccc(Cl)c2)o1. The second kappa shape index (κ2) is 5.98. The maximum absolute atomic E-state index is 5.92. The molecule has 0 saturated heterocycles. The van der Waals surface area contributed by atoms with Crippen molar-refractivity contribution in [1.82, 2.24) is 15.5 Å². The lowest BCUT2D eigenvalue weighted by Crippen LogP contribution is -2.25. The van der Waals surface area contributed by atoms with Crippen molar-refractivity contribution < 1.29 is 4.42 Å². The van der Waals surface area contributed by atoms with E-state index in [1.54, 1.807) is 0 Å². The van der Waals surface area contributed by atoms with Gasteiger partial charge in [0, 0.05) is 29.6 Å². The van der Waals surface area contributed by atoms with E-state index in [9.17, 15) is 0 Å². The molecule has 0 atom stereocenters. The molecule has 0 spiro atoms. The fraction of sp³-hybridized carbons (Fsp3) is 0.385. The van der Waals surface area contributed by atoms with E-state index in [1.165, 1.54) is 0 Å². The molecule has 4 nitrogen and oxygen atoms in total. The van der Waals surface area contributed by atoms with Crippen molar-refractivity contribution in [2.75, 3.05) is 6.54 Å². The van der Waals surface area contributed by atoms with Gasteiger partial charge in [-0.05, 0) is 18.2 Å². The molecule has 0 saturated carbocycles. The standard InChI is InChI=1S/C13H16ClN3O/c1-9(2)15-7-6-12-16-17-13(18-12)10-4-3-5-11(14)8-10/h3-5,8-9,15H,6-7H2,1-2H3. The summed E-state index contributed by atoms with van der Waals surface area (Å²) in [5.41, 5.74) is 0.845. The molecule has 1 aromatic heterocycles. The number of aromatic nitrogens is 2. The molecule has 1 N–H and O–H groups in total. The molecule has 0 radical (unpaired) electrons. The monoisotopic (exact) mass is 265 g/mol. The molecule has 0 aliphatic carbocycles. The number of hydrogen-bond acceptors (Lipinski definition) is 4. The zero-order valence-corrected chi connectivity index (χ0v) is 11.2. The molecule has 0 aliphatic rings. The maximum Gasteiger partial charge on any atom is 0.247 e. The maximum atomic E-state index is 5.92. The van der Waals surface area contributed by atoms with Gasteiger partial charge in [0.1, 0.15) is 0 Å². The van der Waals surface area contributed by atoms with Crippen LogP contribution in [-0.4, -0.2) is 22.8 Å². The summed E-state index contributed by atoms with van der Waals surface area (Å²) in [7, 11) is 0. The molecular weight excluding hydrogens is 250 g/mol. The Hall–Kier alpha value is -1.39. The predicted molar refractivity (Wildman–Crippen MR) is 71.6 cm³/mol. The Kier molecular flexibility index (Phi) is 4.33. The number of hydrogen-bond donors (Lipinski definition) is 1. The molecule has 96 valence electrons. The summed E-state index contributed by atoms with van der Waals surface area (Å²) in [6.45, 7) is 5.03. The van der Waals surface area contributed by atoms with Gasteiger partial charge in [0.05, 0.1) is 0 Å². The van der Waals surface area contributed by atoms with Crippen LogP contribution < -0.4 is 5.32 Å². The minimum absolute atomic E-state index is 0.459.